The molecule has 0 spiro atoms. The van der Waals surface area contributed by atoms with Crippen molar-refractivity contribution in [1.29, 1.82) is 5.26 Å². The first kappa shape index (κ1) is 26.0. The fourth-order valence-corrected chi connectivity index (χ4v) is 5.42. The Bertz CT molecular complexity index is 1270. The van der Waals surface area contributed by atoms with E-state index >= 15 is 0 Å². The second-order valence-corrected chi connectivity index (χ2v) is 11.2. The molecule has 2 aliphatic rings. The van der Waals surface area contributed by atoms with Crippen LogP contribution < -0.4 is 10.5 Å². The number of halogens is 1. The standard InChI is InChI=1S/C29H32BrN3O3/c1-18-5-7-19(8-6-18)17-36-25-10-9-20(30)13-21(25)26-22(16-31)28(32)33(11-12-35-4)23-14-29(2,3)15-24(34)27(23)26/h5-10,13,26H,11-12,14-15,17,32H2,1-4H3/t26-/m1/s1. The molecular formula is C29H32BrN3O3. The van der Waals surface area contributed by atoms with Crippen LogP contribution in [0, 0.1) is 23.7 Å². The Balaban J connectivity index is 1.84. The third kappa shape index (κ3) is 5.21. The van der Waals surface area contributed by atoms with Gasteiger partial charge in [0, 0.05) is 41.4 Å². The summed E-state index contributed by atoms with van der Waals surface area (Å²) in [5, 5.41) is 10.3. The van der Waals surface area contributed by atoms with Gasteiger partial charge in [0.2, 0.25) is 0 Å². The monoisotopic (exact) mass is 549 g/mol. The molecule has 0 fully saturated rings. The van der Waals surface area contributed by atoms with Crippen LogP contribution in [0.2, 0.25) is 0 Å². The highest BCUT2D eigenvalue weighted by Gasteiger charge is 2.45. The molecule has 0 saturated carbocycles. The van der Waals surface area contributed by atoms with Gasteiger partial charge in [0.25, 0.3) is 0 Å². The number of nitriles is 1. The van der Waals surface area contributed by atoms with Crippen LogP contribution in [0.25, 0.3) is 0 Å². The fraction of sp³-hybridized carbons (Fsp3) is 0.379. The maximum atomic E-state index is 13.7. The second kappa shape index (κ2) is 10.5. The summed E-state index contributed by atoms with van der Waals surface area (Å²) in [6, 6.07) is 16.2. The zero-order valence-electron chi connectivity index (χ0n) is 21.2. The average Bonchev–Trinajstić information content (AvgIpc) is 2.82. The topological polar surface area (TPSA) is 88.6 Å². The molecule has 2 aromatic rings. The van der Waals surface area contributed by atoms with Crippen LogP contribution in [0.3, 0.4) is 0 Å². The van der Waals surface area contributed by atoms with Crippen molar-refractivity contribution < 1.29 is 14.3 Å². The maximum Gasteiger partial charge on any atom is 0.162 e. The van der Waals surface area contributed by atoms with Crippen LogP contribution in [0.5, 0.6) is 5.75 Å². The van der Waals surface area contributed by atoms with E-state index in [1.807, 2.05) is 54.3 Å². The number of rotatable bonds is 7. The van der Waals surface area contributed by atoms with E-state index in [2.05, 4.69) is 35.8 Å². The molecule has 2 N–H and O–H groups in total. The molecule has 1 heterocycles. The van der Waals surface area contributed by atoms with E-state index in [-0.39, 0.29) is 11.2 Å². The summed E-state index contributed by atoms with van der Waals surface area (Å²) in [6.07, 6.45) is 1.09. The number of Topliss-reactive ketones (excluding diaryl/α,β-unsaturated/α-hetero) is 1. The molecule has 1 aliphatic carbocycles. The lowest BCUT2D eigenvalue weighted by Gasteiger charge is -2.44. The lowest BCUT2D eigenvalue weighted by Crippen LogP contribution is -2.43. The van der Waals surface area contributed by atoms with Crippen LogP contribution in [-0.2, 0) is 16.1 Å². The molecule has 0 radical (unpaired) electrons. The van der Waals surface area contributed by atoms with Crippen molar-refractivity contribution in [3.05, 3.63) is 86.3 Å². The summed E-state index contributed by atoms with van der Waals surface area (Å²) < 4.78 is 12.4. The van der Waals surface area contributed by atoms with E-state index in [9.17, 15) is 10.1 Å². The SMILES string of the molecule is COCCN1C(N)=C(C#N)[C@@H](c2cc(Br)ccc2OCc2ccc(C)cc2)C2=C1CC(C)(C)CC2=O. The lowest BCUT2D eigenvalue weighted by atomic mass is 9.68. The van der Waals surface area contributed by atoms with Gasteiger partial charge in [-0.1, -0.05) is 59.6 Å². The molecule has 36 heavy (non-hydrogen) atoms. The third-order valence-electron chi connectivity index (χ3n) is 6.80. The van der Waals surface area contributed by atoms with Gasteiger partial charge in [-0.3, -0.25) is 4.79 Å². The van der Waals surface area contributed by atoms with E-state index in [1.165, 1.54) is 5.56 Å². The Morgan fingerprint density at radius 3 is 2.58 bits per heavy atom. The fourth-order valence-electron chi connectivity index (χ4n) is 5.05. The summed E-state index contributed by atoms with van der Waals surface area (Å²) in [5.41, 5.74) is 11.3. The third-order valence-corrected chi connectivity index (χ3v) is 7.30. The Hall–Kier alpha value is -3.08. The van der Waals surface area contributed by atoms with Gasteiger partial charge in [-0.15, -0.1) is 0 Å². The number of ether oxygens (including phenoxy) is 2. The highest BCUT2D eigenvalue weighted by Crippen LogP contribution is 2.50. The summed E-state index contributed by atoms with van der Waals surface area (Å²) >= 11 is 3.58. The molecule has 7 heteroatoms. The average molecular weight is 550 g/mol. The predicted molar refractivity (Wildman–Crippen MR) is 143 cm³/mol. The Labute approximate surface area is 221 Å². The second-order valence-electron chi connectivity index (χ2n) is 10.2. The maximum absolute atomic E-state index is 13.7. The molecule has 1 atom stereocenters. The molecule has 0 amide bonds. The number of benzene rings is 2. The normalized spacial score (nSPS) is 19.3. The molecule has 0 bridgehead atoms. The van der Waals surface area contributed by atoms with Gasteiger partial charge in [-0.2, -0.15) is 5.26 Å². The molecule has 6 nitrogen and oxygen atoms in total. The first-order valence-electron chi connectivity index (χ1n) is 12.1. The van der Waals surface area contributed by atoms with Crippen molar-refractivity contribution in [1.82, 2.24) is 4.90 Å². The number of carbonyl (C=O) groups excluding carboxylic acids is 1. The van der Waals surface area contributed by atoms with Crippen molar-refractivity contribution in [3.63, 3.8) is 0 Å². The van der Waals surface area contributed by atoms with E-state index < -0.39 is 5.92 Å². The summed E-state index contributed by atoms with van der Waals surface area (Å²) in [4.78, 5) is 15.6. The summed E-state index contributed by atoms with van der Waals surface area (Å²) in [6.45, 7) is 7.50. The van der Waals surface area contributed by atoms with Crippen molar-refractivity contribution in [2.75, 3.05) is 20.3 Å². The number of methoxy groups -OCH3 is 1. The van der Waals surface area contributed by atoms with E-state index in [1.54, 1.807) is 7.11 Å². The van der Waals surface area contributed by atoms with E-state index in [4.69, 9.17) is 15.2 Å². The zero-order chi connectivity index (χ0) is 26.0. The first-order chi connectivity index (χ1) is 17.1. The summed E-state index contributed by atoms with van der Waals surface area (Å²) in [7, 11) is 1.63. The zero-order valence-corrected chi connectivity index (χ0v) is 22.8. The molecule has 188 valence electrons. The van der Waals surface area contributed by atoms with Crippen LogP contribution in [-0.4, -0.2) is 30.9 Å². The van der Waals surface area contributed by atoms with Gasteiger partial charge < -0.3 is 20.1 Å². The quantitative estimate of drug-likeness (QED) is 0.475. The van der Waals surface area contributed by atoms with Crippen molar-refractivity contribution in [2.45, 2.75) is 46.1 Å². The van der Waals surface area contributed by atoms with Crippen LogP contribution in [0.15, 0.2) is 69.6 Å². The number of nitrogens with two attached hydrogens (primary N) is 1. The lowest BCUT2D eigenvalue weighted by molar-refractivity contribution is -0.118. The van der Waals surface area contributed by atoms with Crippen molar-refractivity contribution in [2.24, 2.45) is 11.1 Å². The number of allylic oxidation sites excluding steroid dienone is 3. The van der Waals surface area contributed by atoms with Crippen LogP contribution in [0.1, 0.15) is 49.3 Å². The largest absolute Gasteiger partial charge is 0.489 e. The van der Waals surface area contributed by atoms with Gasteiger partial charge >= 0.3 is 0 Å². The predicted octanol–water partition coefficient (Wildman–Crippen LogP) is 5.72. The van der Waals surface area contributed by atoms with Gasteiger partial charge in [0.1, 0.15) is 18.2 Å². The van der Waals surface area contributed by atoms with E-state index in [0.717, 1.165) is 21.3 Å². The van der Waals surface area contributed by atoms with Crippen molar-refractivity contribution >= 4 is 21.7 Å². The number of carbonyl (C=O) groups is 1. The minimum absolute atomic E-state index is 0.0402. The molecule has 1 aliphatic heterocycles. The smallest absolute Gasteiger partial charge is 0.162 e. The first-order valence-corrected chi connectivity index (χ1v) is 12.8. The minimum Gasteiger partial charge on any atom is -0.489 e. The Morgan fingerprint density at radius 1 is 1.19 bits per heavy atom. The van der Waals surface area contributed by atoms with Crippen LogP contribution >= 0.6 is 15.9 Å². The molecule has 4 rings (SSSR count). The summed E-state index contributed by atoms with van der Waals surface area (Å²) in [5.74, 6) is 0.434. The number of nitrogens with zero attached hydrogens (tertiary/aromatic N) is 2. The van der Waals surface area contributed by atoms with Gasteiger partial charge in [0.15, 0.2) is 5.78 Å². The Kier molecular flexibility index (Phi) is 7.58. The van der Waals surface area contributed by atoms with Crippen LogP contribution in [0.4, 0.5) is 0 Å². The minimum atomic E-state index is -0.599. The molecular weight excluding hydrogens is 518 g/mol. The molecule has 0 saturated heterocycles. The highest BCUT2D eigenvalue weighted by molar-refractivity contribution is 9.10. The number of hydrogen-bond acceptors (Lipinski definition) is 6. The van der Waals surface area contributed by atoms with Crippen molar-refractivity contribution in [3.8, 4) is 11.8 Å². The number of aryl methyl sites for hydroxylation is 1. The molecule has 0 aromatic heterocycles. The molecule has 0 unspecified atom stereocenters. The highest BCUT2D eigenvalue weighted by atomic mass is 79.9. The Morgan fingerprint density at radius 2 is 1.92 bits per heavy atom. The van der Waals surface area contributed by atoms with Gasteiger partial charge in [-0.25, -0.2) is 0 Å². The van der Waals surface area contributed by atoms with Gasteiger partial charge in [-0.05, 0) is 42.5 Å². The number of ketones is 1. The number of hydrogen-bond donors (Lipinski definition) is 1. The van der Waals surface area contributed by atoms with Gasteiger partial charge in [0.05, 0.1) is 24.2 Å². The molecule has 2 aromatic carbocycles. The van der Waals surface area contributed by atoms with E-state index in [0.29, 0.717) is 55.3 Å².